The molecule has 0 saturated carbocycles. The predicted octanol–water partition coefficient (Wildman–Crippen LogP) is 5.34. The number of carbonyl (C=O) groups excluding carboxylic acids is 1. The van der Waals surface area contributed by atoms with Crippen LogP contribution in [0.25, 0.3) is 10.8 Å². The third-order valence-corrected chi connectivity index (χ3v) is 7.12. The van der Waals surface area contributed by atoms with Crippen LogP contribution in [0, 0.1) is 0 Å². The lowest BCUT2D eigenvalue weighted by atomic mass is 10.0. The number of likely N-dealkylation sites (tertiary alicyclic amines) is 1. The standard InChI is InChI=1S/C29H34N2O2/c32-29(28-11-6-9-24-8-2-3-10-27(24)28)31-19-14-23-12-13-26(22-25(23)15-20-31)33-21-7-18-30-16-4-1-5-17-30/h2-3,6,8-13,22H,1,4-5,7,14-21H2. The Labute approximate surface area is 197 Å². The van der Waals surface area contributed by atoms with Crippen molar-refractivity contribution in [1.82, 2.24) is 9.80 Å². The Morgan fingerprint density at radius 3 is 2.48 bits per heavy atom. The van der Waals surface area contributed by atoms with Crippen molar-refractivity contribution < 1.29 is 9.53 Å². The maximum atomic E-state index is 13.4. The second-order valence-electron chi connectivity index (χ2n) is 9.35. The van der Waals surface area contributed by atoms with Crippen molar-refractivity contribution in [2.75, 3.05) is 39.3 Å². The second kappa shape index (κ2) is 10.4. The van der Waals surface area contributed by atoms with Gasteiger partial charge in [-0.1, -0.05) is 48.9 Å². The maximum absolute atomic E-state index is 13.4. The molecule has 3 aromatic carbocycles. The van der Waals surface area contributed by atoms with Crippen LogP contribution >= 0.6 is 0 Å². The van der Waals surface area contributed by atoms with Gasteiger partial charge in [-0.05, 0) is 85.3 Å². The summed E-state index contributed by atoms with van der Waals surface area (Å²) in [6.45, 7) is 5.88. The van der Waals surface area contributed by atoms with E-state index < -0.39 is 0 Å². The number of piperidine rings is 1. The van der Waals surface area contributed by atoms with Crippen LogP contribution in [0.5, 0.6) is 5.75 Å². The second-order valence-corrected chi connectivity index (χ2v) is 9.35. The Kier molecular flexibility index (Phi) is 6.92. The van der Waals surface area contributed by atoms with Crippen molar-refractivity contribution in [2.24, 2.45) is 0 Å². The molecule has 2 aliphatic heterocycles. The zero-order chi connectivity index (χ0) is 22.5. The molecule has 0 N–H and O–H groups in total. The van der Waals surface area contributed by atoms with Gasteiger partial charge < -0.3 is 14.5 Å². The number of carbonyl (C=O) groups is 1. The van der Waals surface area contributed by atoms with Crippen LogP contribution in [0.15, 0.2) is 60.7 Å². The predicted molar refractivity (Wildman–Crippen MR) is 134 cm³/mol. The van der Waals surface area contributed by atoms with Gasteiger partial charge in [0.2, 0.25) is 0 Å². The van der Waals surface area contributed by atoms with E-state index in [1.54, 1.807) is 0 Å². The van der Waals surface area contributed by atoms with Crippen LogP contribution in [0.4, 0.5) is 0 Å². The van der Waals surface area contributed by atoms with Gasteiger partial charge in [-0.3, -0.25) is 4.79 Å². The summed E-state index contributed by atoms with van der Waals surface area (Å²) in [6.07, 6.45) is 6.90. The van der Waals surface area contributed by atoms with Gasteiger partial charge in [-0.15, -0.1) is 0 Å². The zero-order valence-corrected chi connectivity index (χ0v) is 19.5. The molecule has 1 saturated heterocycles. The van der Waals surface area contributed by atoms with E-state index in [4.69, 9.17) is 4.74 Å². The topological polar surface area (TPSA) is 32.8 Å². The Morgan fingerprint density at radius 1 is 0.818 bits per heavy atom. The number of fused-ring (bicyclic) bond motifs is 2. The van der Waals surface area contributed by atoms with E-state index in [1.165, 1.54) is 43.5 Å². The molecule has 4 heteroatoms. The van der Waals surface area contributed by atoms with E-state index in [1.807, 2.05) is 35.2 Å². The minimum absolute atomic E-state index is 0.133. The third kappa shape index (κ3) is 5.22. The highest BCUT2D eigenvalue weighted by molar-refractivity contribution is 6.07. The lowest BCUT2D eigenvalue weighted by molar-refractivity contribution is 0.0765. The van der Waals surface area contributed by atoms with Gasteiger partial charge >= 0.3 is 0 Å². The molecule has 3 aromatic rings. The first-order valence-corrected chi connectivity index (χ1v) is 12.5. The lowest BCUT2D eigenvalue weighted by Gasteiger charge is -2.26. The molecule has 0 unspecified atom stereocenters. The largest absolute Gasteiger partial charge is 0.494 e. The summed E-state index contributed by atoms with van der Waals surface area (Å²) >= 11 is 0. The fourth-order valence-electron chi connectivity index (χ4n) is 5.24. The summed E-state index contributed by atoms with van der Waals surface area (Å²) in [7, 11) is 0. The molecular weight excluding hydrogens is 408 g/mol. The molecule has 1 fully saturated rings. The Morgan fingerprint density at radius 2 is 1.61 bits per heavy atom. The molecule has 0 atom stereocenters. The van der Waals surface area contributed by atoms with Gasteiger partial charge in [0, 0.05) is 25.2 Å². The minimum atomic E-state index is 0.133. The Bertz CT molecular complexity index is 1100. The Hall–Kier alpha value is -2.85. The van der Waals surface area contributed by atoms with Gasteiger partial charge in [0.05, 0.1) is 6.61 Å². The third-order valence-electron chi connectivity index (χ3n) is 7.12. The number of hydrogen-bond donors (Lipinski definition) is 0. The van der Waals surface area contributed by atoms with Crippen LogP contribution in [-0.4, -0.2) is 55.0 Å². The van der Waals surface area contributed by atoms with Crippen LogP contribution < -0.4 is 4.74 Å². The summed E-state index contributed by atoms with van der Waals surface area (Å²) in [4.78, 5) is 18.0. The summed E-state index contributed by atoms with van der Waals surface area (Å²) < 4.78 is 6.09. The molecule has 2 heterocycles. The highest BCUT2D eigenvalue weighted by Gasteiger charge is 2.21. The highest BCUT2D eigenvalue weighted by atomic mass is 16.5. The normalized spacial score (nSPS) is 16.9. The molecule has 0 aliphatic carbocycles. The summed E-state index contributed by atoms with van der Waals surface area (Å²) in [6, 6.07) is 20.6. The fourth-order valence-corrected chi connectivity index (χ4v) is 5.24. The van der Waals surface area contributed by atoms with Crippen molar-refractivity contribution in [3.05, 3.63) is 77.4 Å². The van der Waals surface area contributed by atoms with Gasteiger partial charge in [0.1, 0.15) is 5.75 Å². The van der Waals surface area contributed by atoms with E-state index in [0.717, 1.165) is 67.6 Å². The number of rotatable bonds is 6. The summed E-state index contributed by atoms with van der Waals surface area (Å²) in [5.74, 6) is 1.09. The molecular formula is C29H34N2O2. The van der Waals surface area contributed by atoms with E-state index in [0.29, 0.717) is 0 Å². The van der Waals surface area contributed by atoms with Crippen molar-refractivity contribution >= 4 is 16.7 Å². The zero-order valence-electron chi connectivity index (χ0n) is 19.5. The van der Waals surface area contributed by atoms with Gasteiger partial charge in [-0.2, -0.15) is 0 Å². The lowest BCUT2D eigenvalue weighted by Crippen LogP contribution is -2.33. The van der Waals surface area contributed by atoms with Gasteiger partial charge in [-0.25, -0.2) is 0 Å². The minimum Gasteiger partial charge on any atom is -0.494 e. The van der Waals surface area contributed by atoms with Crippen LogP contribution in [0.1, 0.15) is 47.2 Å². The molecule has 5 rings (SSSR count). The first-order valence-electron chi connectivity index (χ1n) is 12.5. The molecule has 0 aromatic heterocycles. The monoisotopic (exact) mass is 442 g/mol. The number of benzene rings is 3. The highest BCUT2D eigenvalue weighted by Crippen LogP contribution is 2.25. The number of ether oxygens (including phenoxy) is 1. The number of amides is 1. The Balaban J connectivity index is 1.19. The number of nitrogens with zero attached hydrogens (tertiary/aromatic N) is 2. The fraction of sp³-hybridized carbons (Fsp3) is 0.414. The molecule has 0 bridgehead atoms. The first-order chi connectivity index (χ1) is 16.3. The van der Waals surface area contributed by atoms with E-state index in [-0.39, 0.29) is 5.91 Å². The van der Waals surface area contributed by atoms with Gasteiger partial charge in [0.25, 0.3) is 5.91 Å². The molecule has 0 spiro atoms. The van der Waals surface area contributed by atoms with E-state index in [2.05, 4.69) is 35.2 Å². The molecule has 172 valence electrons. The maximum Gasteiger partial charge on any atom is 0.254 e. The molecule has 4 nitrogen and oxygen atoms in total. The average molecular weight is 443 g/mol. The van der Waals surface area contributed by atoms with Crippen molar-refractivity contribution in [3.8, 4) is 5.75 Å². The first kappa shape index (κ1) is 22.0. The quantitative estimate of drug-likeness (QED) is 0.484. The van der Waals surface area contributed by atoms with Crippen molar-refractivity contribution in [2.45, 2.75) is 38.5 Å². The molecule has 33 heavy (non-hydrogen) atoms. The molecule has 2 aliphatic rings. The molecule has 1 amide bonds. The van der Waals surface area contributed by atoms with Crippen molar-refractivity contribution in [3.63, 3.8) is 0 Å². The van der Waals surface area contributed by atoms with Gasteiger partial charge in [0.15, 0.2) is 0 Å². The van der Waals surface area contributed by atoms with Crippen LogP contribution in [0.2, 0.25) is 0 Å². The van der Waals surface area contributed by atoms with E-state index >= 15 is 0 Å². The summed E-state index contributed by atoms with van der Waals surface area (Å²) in [5.41, 5.74) is 3.46. The number of hydrogen-bond acceptors (Lipinski definition) is 3. The summed E-state index contributed by atoms with van der Waals surface area (Å²) in [5, 5.41) is 2.15. The smallest absolute Gasteiger partial charge is 0.254 e. The van der Waals surface area contributed by atoms with Crippen LogP contribution in [0.3, 0.4) is 0 Å². The van der Waals surface area contributed by atoms with E-state index in [9.17, 15) is 4.79 Å². The molecule has 0 radical (unpaired) electrons. The SMILES string of the molecule is O=C(c1cccc2ccccc12)N1CCc2ccc(OCCCN3CCCCC3)cc2CC1. The van der Waals surface area contributed by atoms with Crippen LogP contribution in [-0.2, 0) is 12.8 Å². The van der Waals surface area contributed by atoms with Crippen molar-refractivity contribution in [1.29, 1.82) is 0 Å². The average Bonchev–Trinajstić information content (AvgIpc) is 3.09.